The first-order valence-corrected chi connectivity index (χ1v) is 7.04. The predicted octanol–water partition coefficient (Wildman–Crippen LogP) is 2.71. The fraction of sp³-hybridized carbons (Fsp3) is 0.286. The summed E-state index contributed by atoms with van der Waals surface area (Å²) >= 11 is 3.56. The zero-order chi connectivity index (χ0) is 13.7. The molecular formula is C14H17BrN4. The smallest absolute Gasteiger partial charge is 0.123 e. The third-order valence-electron chi connectivity index (χ3n) is 2.85. The summed E-state index contributed by atoms with van der Waals surface area (Å²) in [5, 5.41) is 3.45. The van der Waals surface area contributed by atoms with Crippen LogP contribution in [-0.4, -0.2) is 16.5 Å². The molecule has 100 valence electrons. The van der Waals surface area contributed by atoms with Gasteiger partial charge in [0, 0.05) is 16.9 Å². The van der Waals surface area contributed by atoms with Gasteiger partial charge in [-0.25, -0.2) is 4.98 Å². The molecule has 2 rings (SSSR count). The fourth-order valence-electron chi connectivity index (χ4n) is 2.02. The van der Waals surface area contributed by atoms with Gasteiger partial charge in [0.2, 0.25) is 0 Å². The number of nitrogen functional groups attached to an aromatic ring is 1. The van der Waals surface area contributed by atoms with Gasteiger partial charge in [-0.3, -0.25) is 4.98 Å². The van der Waals surface area contributed by atoms with E-state index < -0.39 is 0 Å². The molecule has 1 atom stereocenters. The molecule has 0 radical (unpaired) electrons. The van der Waals surface area contributed by atoms with Crippen molar-refractivity contribution < 1.29 is 0 Å². The largest absolute Gasteiger partial charge is 0.384 e. The van der Waals surface area contributed by atoms with Crippen LogP contribution < -0.4 is 11.1 Å². The fourth-order valence-corrected chi connectivity index (χ4v) is 2.55. The number of rotatable bonds is 5. The van der Waals surface area contributed by atoms with E-state index in [-0.39, 0.29) is 6.04 Å². The molecule has 0 aliphatic rings. The molecule has 0 saturated carbocycles. The standard InChI is InChI=1S/C14H17BrN4/c1-2-17-12(14-11(15)4-3-6-19-14)8-10-5-7-18-13(16)9-10/h3-7,9,12,17H,2,8H2,1H3,(H2,16,18). The predicted molar refractivity (Wildman–Crippen MR) is 80.7 cm³/mol. The van der Waals surface area contributed by atoms with Gasteiger partial charge < -0.3 is 11.1 Å². The highest BCUT2D eigenvalue weighted by molar-refractivity contribution is 9.10. The van der Waals surface area contributed by atoms with E-state index in [0.29, 0.717) is 5.82 Å². The Hall–Kier alpha value is -1.46. The zero-order valence-corrected chi connectivity index (χ0v) is 12.4. The summed E-state index contributed by atoms with van der Waals surface area (Å²) in [5.41, 5.74) is 7.88. The molecule has 3 N–H and O–H groups in total. The monoisotopic (exact) mass is 320 g/mol. The first-order chi connectivity index (χ1) is 9.20. The molecule has 0 spiro atoms. The van der Waals surface area contributed by atoms with Gasteiger partial charge in [0.05, 0.1) is 11.7 Å². The lowest BCUT2D eigenvalue weighted by molar-refractivity contribution is 0.534. The lowest BCUT2D eigenvalue weighted by Crippen LogP contribution is -2.24. The van der Waals surface area contributed by atoms with E-state index in [1.165, 1.54) is 0 Å². The normalized spacial score (nSPS) is 12.3. The van der Waals surface area contributed by atoms with Crippen molar-refractivity contribution in [2.24, 2.45) is 0 Å². The lowest BCUT2D eigenvalue weighted by atomic mass is 10.0. The second kappa shape index (κ2) is 6.63. The maximum atomic E-state index is 5.72. The zero-order valence-electron chi connectivity index (χ0n) is 10.8. The van der Waals surface area contributed by atoms with E-state index >= 15 is 0 Å². The van der Waals surface area contributed by atoms with Gasteiger partial charge in [-0.2, -0.15) is 0 Å². The molecule has 4 nitrogen and oxygen atoms in total. The highest BCUT2D eigenvalue weighted by atomic mass is 79.9. The summed E-state index contributed by atoms with van der Waals surface area (Å²) in [6.45, 7) is 2.97. The topological polar surface area (TPSA) is 63.8 Å². The van der Waals surface area contributed by atoms with E-state index in [2.05, 4.69) is 38.1 Å². The maximum Gasteiger partial charge on any atom is 0.123 e. The van der Waals surface area contributed by atoms with Crippen molar-refractivity contribution >= 4 is 21.7 Å². The number of hydrogen-bond donors (Lipinski definition) is 2. The number of pyridine rings is 2. The molecule has 2 aromatic heterocycles. The highest BCUT2D eigenvalue weighted by Gasteiger charge is 2.15. The molecular weight excluding hydrogens is 304 g/mol. The van der Waals surface area contributed by atoms with E-state index in [0.717, 1.165) is 28.7 Å². The van der Waals surface area contributed by atoms with Gasteiger partial charge in [-0.05, 0) is 58.7 Å². The van der Waals surface area contributed by atoms with Crippen LogP contribution >= 0.6 is 15.9 Å². The molecule has 2 heterocycles. The minimum absolute atomic E-state index is 0.155. The van der Waals surface area contributed by atoms with Gasteiger partial charge in [-0.15, -0.1) is 0 Å². The summed E-state index contributed by atoms with van der Waals surface area (Å²) in [6.07, 6.45) is 4.38. The van der Waals surface area contributed by atoms with Crippen molar-refractivity contribution in [2.45, 2.75) is 19.4 Å². The Morgan fingerprint density at radius 1 is 1.32 bits per heavy atom. The average Bonchev–Trinajstić information content (AvgIpc) is 2.39. The Kier molecular flexibility index (Phi) is 4.87. The molecule has 0 aromatic carbocycles. The lowest BCUT2D eigenvalue weighted by Gasteiger charge is -2.18. The summed E-state index contributed by atoms with van der Waals surface area (Å²) in [7, 11) is 0. The van der Waals surface area contributed by atoms with Crippen molar-refractivity contribution in [3.63, 3.8) is 0 Å². The quantitative estimate of drug-likeness (QED) is 0.889. The van der Waals surface area contributed by atoms with Gasteiger partial charge >= 0.3 is 0 Å². The van der Waals surface area contributed by atoms with Crippen molar-refractivity contribution in [1.29, 1.82) is 0 Å². The number of nitrogens with two attached hydrogens (primary N) is 1. The Balaban J connectivity index is 2.24. The SMILES string of the molecule is CCNC(Cc1ccnc(N)c1)c1ncccc1Br. The van der Waals surface area contributed by atoms with Gasteiger partial charge in [0.1, 0.15) is 5.82 Å². The molecule has 0 saturated heterocycles. The van der Waals surface area contributed by atoms with Crippen LogP contribution in [-0.2, 0) is 6.42 Å². The van der Waals surface area contributed by atoms with Crippen LogP contribution in [0.4, 0.5) is 5.82 Å². The minimum atomic E-state index is 0.155. The van der Waals surface area contributed by atoms with Crippen molar-refractivity contribution in [3.8, 4) is 0 Å². The third kappa shape index (κ3) is 3.75. The number of nitrogens with zero attached hydrogens (tertiary/aromatic N) is 2. The van der Waals surface area contributed by atoms with E-state index in [1.807, 2.05) is 30.5 Å². The van der Waals surface area contributed by atoms with Crippen molar-refractivity contribution in [2.75, 3.05) is 12.3 Å². The summed E-state index contributed by atoms with van der Waals surface area (Å²) < 4.78 is 1.02. The average molecular weight is 321 g/mol. The molecule has 1 unspecified atom stereocenters. The second-order valence-electron chi connectivity index (χ2n) is 4.27. The number of anilines is 1. The van der Waals surface area contributed by atoms with Crippen LogP contribution in [0, 0.1) is 0 Å². The molecule has 2 aromatic rings. The van der Waals surface area contributed by atoms with Crippen LogP contribution in [0.5, 0.6) is 0 Å². The number of nitrogens with one attached hydrogen (secondary N) is 1. The summed E-state index contributed by atoms with van der Waals surface area (Å²) in [6, 6.07) is 7.97. The first-order valence-electron chi connectivity index (χ1n) is 6.25. The Morgan fingerprint density at radius 3 is 2.84 bits per heavy atom. The molecule has 0 amide bonds. The molecule has 0 aliphatic heterocycles. The Morgan fingerprint density at radius 2 is 2.16 bits per heavy atom. The minimum Gasteiger partial charge on any atom is -0.384 e. The summed E-state index contributed by atoms with van der Waals surface area (Å²) in [5.74, 6) is 0.549. The van der Waals surface area contributed by atoms with Crippen LogP contribution in [0.2, 0.25) is 0 Å². The Labute approximate surface area is 121 Å². The van der Waals surface area contributed by atoms with Crippen LogP contribution in [0.1, 0.15) is 24.2 Å². The van der Waals surface area contributed by atoms with Gasteiger partial charge in [-0.1, -0.05) is 6.92 Å². The van der Waals surface area contributed by atoms with E-state index in [4.69, 9.17) is 5.73 Å². The Bertz CT molecular complexity index is 544. The van der Waals surface area contributed by atoms with E-state index in [9.17, 15) is 0 Å². The van der Waals surface area contributed by atoms with E-state index in [1.54, 1.807) is 6.20 Å². The van der Waals surface area contributed by atoms with Crippen LogP contribution in [0.15, 0.2) is 41.1 Å². The van der Waals surface area contributed by atoms with Crippen LogP contribution in [0.25, 0.3) is 0 Å². The second-order valence-corrected chi connectivity index (χ2v) is 5.13. The number of hydrogen-bond acceptors (Lipinski definition) is 4. The van der Waals surface area contributed by atoms with Crippen LogP contribution in [0.3, 0.4) is 0 Å². The van der Waals surface area contributed by atoms with Crippen molar-refractivity contribution in [1.82, 2.24) is 15.3 Å². The number of aromatic nitrogens is 2. The first kappa shape index (κ1) is 14.0. The van der Waals surface area contributed by atoms with Gasteiger partial charge in [0.15, 0.2) is 0 Å². The van der Waals surface area contributed by atoms with Crippen molar-refractivity contribution in [3.05, 3.63) is 52.4 Å². The maximum absolute atomic E-state index is 5.72. The highest BCUT2D eigenvalue weighted by Crippen LogP contribution is 2.24. The molecule has 0 fully saturated rings. The third-order valence-corrected chi connectivity index (χ3v) is 3.52. The molecule has 0 aliphatic carbocycles. The molecule has 19 heavy (non-hydrogen) atoms. The number of halogens is 1. The summed E-state index contributed by atoms with van der Waals surface area (Å²) in [4.78, 5) is 8.48. The number of likely N-dealkylation sites (N-methyl/N-ethyl adjacent to an activating group) is 1. The molecule has 5 heteroatoms. The molecule has 0 bridgehead atoms. The van der Waals surface area contributed by atoms with Gasteiger partial charge in [0.25, 0.3) is 0 Å².